The summed E-state index contributed by atoms with van der Waals surface area (Å²) in [5, 5.41) is 0. The third-order valence-corrected chi connectivity index (χ3v) is 4.06. The Hall–Kier alpha value is -0.800. The lowest BCUT2D eigenvalue weighted by molar-refractivity contribution is -0.689. The van der Waals surface area contributed by atoms with Gasteiger partial charge in [-0.15, -0.1) is 0 Å². The van der Waals surface area contributed by atoms with Crippen molar-refractivity contribution in [3.63, 3.8) is 0 Å². The molecule has 0 amide bonds. The molecule has 1 aromatic carbocycles. The topological polar surface area (TPSA) is 3.88 Å². The first-order chi connectivity index (χ1) is 7.81. The summed E-state index contributed by atoms with van der Waals surface area (Å²) in [5.74, 6) is 0.923. The summed E-state index contributed by atoms with van der Waals surface area (Å²) in [4.78, 5) is 1.45. The highest BCUT2D eigenvalue weighted by atomic mass is 32.1. The van der Waals surface area contributed by atoms with Gasteiger partial charge < -0.3 is 0 Å². The quantitative estimate of drug-likeness (QED) is 0.628. The van der Waals surface area contributed by atoms with Crippen LogP contribution < -0.4 is 4.57 Å². The summed E-state index contributed by atoms with van der Waals surface area (Å²) in [6, 6.07) is 10.6. The zero-order valence-corrected chi connectivity index (χ0v) is 11.1. The fourth-order valence-corrected chi connectivity index (χ4v) is 3.10. The monoisotopic (exact) mass is 250 g/mol. The largest absolute Gasteiger partial charge is 0.225 e. The van der Waals surface area contributed by atoms with Crippen LogP contribution in [0, 0.1) is 6.92 Å². The van der Waals surface area contributed by atoms with Crippen molar-refractivity contribution in [3.05, 3.63) is 52.0 Å². The summed E-state index contributed by atoms with van der Waals surface area (Å²) in [6.07, 6.45) is 1.07. The highest BCUT2D eigenvalue weighted by Gasteiger charge is 2.14. The Balaban J connectivity index is 2.16. The van der Waals surface area contributed by atoms with E-state index in [1.807, 2.05) is 11.3 Å². The van der Waals surface area contributed by atoms with Gasteiger partial charge >= 0.3 is 0 Å². The zero-order valence-electron chi connectivity index (χ0n) is 9.39. The summed E-state index contributed by atoms with van der Waals surface area (Å²) in [7, 11) is 0. The Morgan fingerprint density at radius 2 is 2.00 bits per heavy atom. The maximum Gasteiger partial charge on any atom is 0.225 e. The molecule has 2 aromatic rings. The van der Waals surface area contributed by atoms with Gasteiger partial charge in [0.05, 0.1) is 4.88 Å². The maximum atomic E-state index is 4.29. The maximum absolute atomic E-state index is 4.29. The highest BCUT2D eigenvalue weighted by Crippen LogP contribution is 2.12. The Kier molecular flexibility index (Phi) is 4.02. The second kappa shape index (κ2) is 5.51. The number of hydrogen-bond donors (Lipinski definition) is 1. The molecule has 0 aliphatic heterocycles. The number of thiol groups is 1. The van der Waals surface area contributed by atoms with E-state index in [2.05, 4.69) is 60.0 Å². The molecule has 0 saturated carbocycles. The molecule has 16 heavy (non-hydrogen) atoms. The van der Waals surface area contributed by atoms with Gasteiger partial charge in [-0.3, -0.25) is 0 Å². The van der Waals surface area contributed by atoms with Gasteiger partial charge in [-0.2, -0.15) is 17.2 Å². The standard InChI is InChI=1S/C13H15NS2/c1-11-13(7-8-15)16-10-14(11)9-12-5-3-2-4-6-12/h2-6,10H,7-9H2,1H3/p+1. The van der Waals surface area contributed by atoms with Crippen molar-refractivity contribution in [2.75, 3.05) is 5.75 Å². The van der Waals surface area contributed by atoms with Crippen molar-refractivity contribution in [2.45, 2.75) is 19.9 Å². The van der Waals surface area contributed by atoms with Crippen LogP contribution in [0.1, 0.15) is 16.1 Å². The summed E-state index contributed by atoms with van der Waals surface area (Å²) < 4.78 is 2.32. The van der Waals surface area contributed by atoms with Gasteiger partial charge in [-0.25, -0.2) is 0 Å². The fraction of sp³-hybridized carbons (Fsp3) is 0.308. The summed E-state index contributed by atoms with van der Waals surface area (Å²) in [5.41, 5.74) is 4.94. The van der Waals surface area contributed by atoms with Crippen LogP contribution in [0.25, 0.3) is 0 Å². The lowest BCUT2D eigenvalue weighted by atomic mass is 10.2. The SMILES string of the molecule is Cc1c(CCS)sc[n+]1Cc1ccccc1. The molecule has 0 spiro atoms. The molecule has 0 N–H and O–H groups in total. The van der Waals surface area contributed by atoms with E-state index >= 15 is 0 Å². The molecule has 0 radical (unpaired) electrons. The molecule has 0 unspecified atom stereocenters. The van der Waals surface area contributed by atoms with E-state index < -0.39 is 0 Å². The van der Waals surface area contributed by atoms with E-state index in [0.717, 1.165) is 18.7 Å². The summed E-state index contributed by atoms with van der Waals surface area (Å²) in [6.45, 7) is 3.16. The predicted octanol–water partition coefficient (Wildman–Crippen LogP) is 2.86. The van der Waals surface area contributed by atoms with Crippen LogP contribution in [0.4, 0.5) is 0 Å². The Bertz CT molecular complexity index is 448. The number of nitrogens with zero attached hydrogens (tertiary/aromatic N) is 1. The van der Waals surface area contributed by atoms with E-state index in [1.165, 1.54) is 16.1 Å². The average Bonchev–Trinajstić information content (AvgIpc) is 2.64. The van der Waals surface area contributed by atoms with Crippen LogP contribution in [-0.2, 0) is 13.0 Å². The second-order valence-corrected chi connectivity index (χ2v) is 5.21. The number of rotatable bonds is 4. The van der Waals surface area contributed by atoms with Gasteiger partial charge in [-0.05, 0) is 12.2 Å². The van der Waals surface area contributed by atoms with Crippen LogP contribution >= 0.6 is 24.0 Å². The van der Waals surface area contributed by atoms with Crippen molar-refractivity contribution >= 4 is 24.0 Å². The smallest absolute Gasteiger partial charge is 0.188 e. The van der Waals surface area contributed by atoms with Crippen LogP contribution in [0.5, 0.6) is 0 Å². The predicted molar refractivity (Wildman–Crippen MR) is 72.4 cm³/mol. The second-order valence-electron chi connectivity index (χ2n) is 3.82. The molecular formula is C13H16NS2+. The van der Waals surface area contributed by atoms with Gasteiger partial charge in [0.15, 0.2) is 12.2 Å². The molecule has 1 nitrogen and oxygen atoms in total. The van der Waals surface area contributed by atoms with Crippen molar-refractivity contribution in [1.29, 1.82) is 0 Å². The molecule has 0 fully saturated rings. The Morgan fingerprint density at radius 1 is 1.25 bits per heavy atom. The van der Waals surface area contributed by atoms with Crippen LogP contribution in [-0.4, -0.2) is 5.75 Å². The van der Waals surface area contributed by atoms with Crippen molar-refractivity contribution < 1.29 is 4.57 Å². The van der Waals surface area contributed by atoms with Crippen molar-refractivity contribution in [2.24, 2.45) is 0 Å². The molecule has 0 aliphatic rings. The van der Waals surface area contributed by atoms with E-state index in [-0.39, 0.29) is 0 Å². The number of aryl methyl sites for hydroxylation is 1. The van der Waals surface area contributed by atoms with Crippen molar-refractivity contribution in [3.8, 4) is 0 Å². The van der Waals surface area contributed by atoms with E-state index in [9.17, 15) is 0 Å². The third kappa shape index (κ3) is 2.66. The van der Waals surface area contributed by atoms with Gasteiger partial charge in [0, 0.05) is 12.5 Å². The molecule has 2 rings (SSSR count). The first kappa shape index (κ1) is 11.7. The molecule has 0 atom stereocenters. The lowest BCUT2D eigenvalue weighted by Gasteiger charge is -1.97. The molecule has 0 aliphatic carbocycles. The van der Waals surface area contributed by atoms with Gasteiger partial charge in [0.1, 0.15) is 0 Å². The molecule has 0 bridgehead atoms. The van der Waals surface area contributed by atoms with Gasteiger partial charge in [-0.1, -0.05) is 41.7 Å². The van der Waals surface area contributed by atoms with Gasteiger partial charge in [0.2, 0.25) is 5.51 Å². The highest BCUT2D eigenvalue weighted by molar-refractivity contribution is 7.80. The normalized spacial score (nSPS) is 10.6. The molecule has 1 heterocycles. The minimum Gasteiger partial charge on any atom is -0.188 e. The van der Waals surface area contributed by atoms with Crippen molar-refractivity contribution in [1.82, 2.24) is 0 Å². The molecule has 0 saturated heterocycles. The van der Waals surface area contributed by atoms with Gasteiger partial charge in [0.25, 0.3) is 0 Å². The van der Waals surface area contributed by atoms with Crippen LogP contribution in [0.3, 0.4) is 0 Å². The Labute approximate surface area is 106 Å². The molecule has 84 valence electrons. The van der Waals surface area contributed by atoms with Crippen LogP contribution in [0.2, 0.25) is 0 Å². The Morgan fingerprint density at radius 3 is 2.69 bits per heavy atom. The first-order valence-electron chi connectivity index (χ1n) is 5.42. The number of benzene rings is 1. The molecule has 1 aromatic heterocycles. The average molecular weight is 250 g/mol. The zero-order chi connectivity index (χ0) is 11.4. The first-order valence-corrected chi connectivity index (χ1v) is 6.93. The number of hydrogen-bond acceptors (Lipinski definition) is 2. The molecule has 3 heteroatoms. The third-order valence-electron chi connectivity index (χ3n) is 2.69. The summed E-state index contributed by atoms with van der Waals surface area (Å²) >= 11 is 6.12. The number of thiazole rings is 1. The van der Waals surface area contributed by atoms with E-state index in [4.69, 9.17) is 0 Å². The van der Waals surface area contributed by atoms with E-state index in [1.54, 1.807) is 0 Å². The van der Waals surface area contributed by atoms with E-state index in [0.29, 0.717) is 0 Å². The lowest BCUT2D eigenvalue weighted by Crippen LogP contribution is -2.34. The van der Waals surface area contributed by atoms with Crippen LogP contribution in [0.15, 0.2) is 35.8 Å². The minimum atomic E-state index is 0.923. The number of aromatic nitrogens is 1. The fourth-order valence-electron chi connectivity index (χ4n) is 1.73. The minimum absolute atomic E-state index is 0.923. The molecular weight excluding hydrogens is 234 g/mol.